The van der Waals surface area contributed by atoms with E-state index >= 15 is 0 Å². The molecule has 1 atom stereocenters. The number of methoxy groups -OCH3 is 1. The number of aromatic nitrogens is 1. The predicted molar refractivity (Wildman–Crippen MR) is 58.3 cm³/mol. The minimum Gasteiger partial charge on any atom is -0.377 e. The summed E-state index contributed by atoms with van der Waals surface area (Å²) < 4.78 is 7.57. The van der Waals surface area contributed by atoms with Crippen molar-refractivity contribution in [1.82, 2.24) is 4.57 Å². The summed E-state index contributed by atoms with van der Waals surface area (Å²) in [5.74, 6) is 0. The lowest BCUT2D eigenvalue weighted by molar-refractivity contribution is 0.139. The van der Waals surface area contributed by atoms with Gasteiger partial charge in [0.25, 0.3) is 0 Å². The van der Waals surface area contributed by atoms with Crippen molar-refractivity contribution >= 4 is 6.08 Å². The van der Waals surface area contributed by atoms with Crippen molar-refractivity contribution in [2.75, 3.05) is 7.11 Å². The van der Waals surface area contributed by atoms with Gasteiger partial charge in [-0.15, -0.1) is 0 Å². The summed E-state index contributed by atoms with van der Waals surface area (Å²) in [7, 11) is 3.88. The van der Waals surface area contributed by atoms with Gasteiger partial charge in [-0.05, 0) is 17.5 Å². The fourth-order valence-electron chi connectivity index (χ4n) is 2.12. The molecule has 76 valence electrons. The first kappa shape index (κ1) is 9.53. The molecule has 14 heavy (non-hydrogen) atoms. The van der Waals surface area contributed by atoms with Crippen molar-refractivity contribution in [3.8, 4) is 0 Å². The molecule has 0 amide bonds. The molecule has 2 rings (SSSR count). The first-order valence-electron chi connectivity index (χ1n) is 5.14. The smallest absolute Gasteiger partial charge is 0.0810 e. The quantitative estimate of drug-likeness (QED) is 0.699. The lowest BCUT2D eigenvalue weighted by Crippen LogP contribution is -2.16. The van der Waals surface area contributed by atoms with Crippen LogP contribution in [0.1, 0.15) is 23.7 Å². The van der Waals surface area contributed by atoms with Crippen LogP contribution < -0.4 is 0 Å². The maximum atomic E-state index is 5.35. The van der Waals surface area contributed by atoms with Gasteiger partial charge in [0, 0.05) is 32.5 Å². The van der Waals surface area contributed by atoms with E-state index in [0.717, 1.165) is 12.8 Å². The highest BCUT2D eigenvalue weighted by Crippen LogP contribution is 2.25. The van der Waals surface area contributed by atoms with E-state index in [2.05, 4.69) is 36.9 Å². The van der Waals surface area contributed by atoms with Crippen LogP contribution in [-0.4, -0.2) is 17.8 Å². The maximum absolute atomic E-state index is 5.35. The number of aryl methyl sites for hydroxylation is 2. The highest BCUT2D eigenvalue weighted by Gasteiger charge is 2.18. The number of nitrogens with zero attached hydrogens (tertiary/aromatic N) is 1. The third kappa shape index (κ3) is 1.40. The van der Waals surface area contributed by atoms with E-state index in [9.17, 15) is 0 Å². The van der Waals surface area contributed by atoms with E-state index in [-0.39, 0.29) is 6.10 Å². The van der Waals surface area contributed by atoms with E-state index in [1.165, 1.54) is 16.8 Å². The van der Waals surface area contributed by atoms with Gasteiger partial charge in [-0.3, -0.25) is 0 Å². The molecule has 0 radical (unpaired) electrons. The van der Waals surface area contributed by atoms with Gasteiger partial charge in [0.2, 0.25) is 0 Å². The third-order valence-corrected chi connectivity index (χ3v) is 2.99. The Balaban J connectivity index is 2.41. The molecule has 0 bridgehead atoms. The molecular weight excluding hydrogens is 174 g/mol. The molecule has 2 heteroatoms. The van der Waals surface area contributed by atoms with Crippen molar-refractivity contribution in [2.45, 2.75) is 25.9 Å². The lowest BCUT2D eigenvalue weighted by atomic mass is 9.99. The Labute approximate surface area is 85.2 Å². The Bertz CT molecular complexity index is 363. The van der Waals surface area contributed by atoms with Crippen LogP contribution in [0.25, 0.3) is 6.08 Å². The highest BCUT2D eigenvalue weighted by molar-refractivity contribution is 5.60. The molecular formula is C12H17NO. The van der Waals surface area contributed by atoms with Gasteiger partial charge >= 0.3 is 0 Å². The van der Waals surface area contributed by atoms with Gasteiger partial charge in [0.1, 0.15) is 0 Å². The van der Waals surface area contributed by atoms with Gasteiger partial charge in [-0.25, -0.2) is 0 Å². The van der Waals surface area contributed by atoms with Crippen LogP contribution in [-0.2, 0) is 24.6 Å². The zero-order chi connectivity index (χ0) is 10.1. The van der Waals surface area contributed by atoms with E-state index in [1.807, 2.05) is 0 Å². The molecule has 0 fully saturated rings. The highest BCUT2D eigenvalue weighted by atomic mass is 16.5. The minimum atomic E-state index is 0.251. The molecule has 1 aromatic rings. The summed E-state index contributed by atoms with van der Waals surface area (Å²) in [6.07, 6.45) is 8.94. The van der Waals surface area contributed by atoms with Gasteiger partial charge in [-0.2, -0.15) is 0 Å². The van der Waals surface area contributed by atoms with E-state index in [4.69, 9.17) is 4.74 Å². The van der Waals surface area contributed by atoms with Crippen molar-refractivity contribution < 1.29 is 4.74 Å². The Morgan fingerprint density at radius 3 is 3.00 bits per heavy atom. The van der Waals surface area contributed by atoms with E-state index < -0.39 is 0 Å². The monoisotopic (exact) mass is 191 g/mol. The van der Waals surface area contributed by atoms with Crippen LogP contribution in [0, 0.1) is 0 Å². The average Bonchev–Trinajstić information content (AvgIpc) is 2.55. The van der Waals surface area contributed by atoms with Crippen molar-refractivity contribution in [3.63, 3.8) is 0 Å². The molecule has 1 aliphatic rings. The SMILES string of the molecule is CCc1cn(C)c2c1C=CC(OC)C2. The van der Waals surface area contributed by atoms with E-state index in [1.54, 1.807) is 7.11 Å². The molecule has 0 saturated carbocycles. The number of rotatable bonds is 2. The number of hydrogen-bond donors (Lipinski definition) is 0. The summed E-state index contributed by atoms with van der Waals surface area (Å²) in [5.41, 5.74) is 4.24. The molecule has 0 aliphatic heterocycles. The molecule has 0 spiro atoms. The average molecular weight is 191 g/mol. The Morgan fingerprint density at radius 1 is 1.57 bits per heavy atom. The van der Waals surface area contributed by atoms with E-state index in [0.29, 0.717) is 0 Å². The Morgan fingerprint density at radius 2 is 2.36 bits per heavy atom. The van der Waals surface area contributed by atoms with Crippen LogP contribution in [0.4, 0.5) is 0 Å². The topological polar surface area (TPSA) is 14.2 Å². The van der Waals surface area contributed by atoms with Crippen LogP contribution in [0.2, 0.25) is 0 Å². The summed E-state index contributed by atoms with van der Waals surface area (Å²) in [5, 5.41) is 0. The molecule has 0 N–H and O–H groups in total. The van der Waals surface area contributed by atoms with Crippen LogP contribution >= 0.6 is 0 Å². The minimum absolute atomic E-state index is 0.251. The first-order valence-corrected chi connectivity index (χ1v) is 5.14. The molecule has 1 aromatic heterocycles. The second-order valence-corrected chi connectivity index (χ2v) is 3.82. The van der Waals surface area contributed by atoms with Gasteiger partial charge < -0.3 is 9.30 Å². The van der Waals surface area contributed by atoms with Gasteiger partial charge in [0.05, 0.1) is 6.10 Å². The summed E-state index contributed by atoms with van der Waals surface area (Å²) in [6, 6.07) is 0. The normalized spacial score (nSPS) is 19.8. The molecule has 0 aromatic carbocycles. The Hall–Kier alpha value is -1.02. The standard InChI is InChI=1S/C12H17NO/c1-4-9-8-13(2)12-7-10(14-3)5-6-11(9)12/h5-6,8,10H,4,7H2,1-3H3. The number of hydrogen-bond acceptors (Lipinski definition) is 1. The second kappa shape index (κ2) is 3.62. The van der Waals surface area contributed by atoms with Crippen molar-refractivity contribution in [3.05, 3.63) is 29.1 Å². The molecule has 1 heterocycles. The zero-order valence-electron chi connectivity index (χ0n) is 9.08. The largest absolute Gasteiger partial charge is 0.377 e. The van der Waals surface area contributed by atoms with Crippen molar-refractivity contribution in [1.29, 1.82) is 0 Å². The summed E-state index contributed by atoms with van der Waals surface area (Å²) in [6.45, 7) is 2.20. The molecule has 1 unspecified atom stereocenters. The fraction of sp³-hybridized carbons (Fsp3) is 0.500. The lowest BCUT2D eigenvalue weighted by Gasteiger charge is -2.17. The number of ether oxygens (including phenoxy) is 1. The number of fused-ring (bicyclic) bond motifs is 1. The molecule has 0 saturated heterocycles. The molecule has 1 aliphatic carbocycles. The fourth-order valence-corrected chi connectivity index (χ4v) is 2.12. The van der Waals surface area contributed by atoms with Crippen molar-refractivity contribution in [2.24, 2.45) is 7.05 Å². The zero-order valence-corrected chi connectivity index (χ0v) is 9.08. The van der Waals surface area contributed by atoms with Crippen LogP contribution in [0.15, 0.2) is 12.3 Å². The third-order valence-electron chi connectivity index (χ3n) is 2.99. The second-order valence-electron chi connectivity index (χ2n) is 3.82. The first-order chi connectivity index (χ1) is 6.76. The summed E-state index contributed by atoms with van der Waals surface area (Å²) >= 11 is 0. The summed E-state index contributed by atoms with van der Waals surface area (Å²) in [4.78, 5) is 0. The van der Waals surface area contributed by atoms with Crippen LogP contribution in [0.5, 0.6) is 0 Å². The van der Waals surface area contributed by atoms with Gasteiger partial charge in [0.15, 0.2) is 0 Å². The van der Waals surface area contributed by atoms with Crippen LogP contribution in [0.3, 0.4) is 0 Å². The predicted octanol–water partition coefficient (Wildman–Crippen LogP) is 2.17. The molecule has 2 nitrogen and oxygen atoms in total. The maximum Gasteiger partial charge on any atom is 0.0810 e. The Kier molecular flexibility index (Phi) is 2.46. The van der Waals surface area contributed by atoms with Gasteiger partial charge in [-0.1, -0.05) is 19.1 Å².